The molecule has 2 N–H and O–H groups in total. The first-order valence-electron chi connectivity index (χ1n) is 4.32. The number of nitrogens with two attached hydrogens (primary N) is 1. The van der Waals surface area contributed by atoms with E-state index < -0.39 is 0 Å². The Labute approximate surface area is 86.4 Å². The number of para-hydroxylation sites is 1. The van der Waals surface area contributed by atoms with Gasteiger partial charge in [-0.1, -0.05) is 18.2 Å². The zero-order valence-electron chi connectivity index (χ0n) is 7.56. The van der Waals surface area contributed by atoms with Gasteiger partial charge in [-0.2, -0.15) is 0 Å². The number of thioether (sulfide) groups is 1. The van der Waals surface area contributed by atoms with Crippen molar-refractivity contribution in [3.05, 3.63) is 29.8 Å². The molecular weight excluding hydrogens is 196 g/mol. The zero-order valence-corrected chi connectivity index (χ0v) is 8.38. The van der Waals surface area contributed by atoms with Crippen LogP contribution in [-0.4, -0.2) is 16.7 Å². The highest BCUT2D eigenvalue weighted by Crippen LogP contribution is 2.29. The summed E-state index contributed by atoms with van der Waals surface area (Å²) in [6.45, 7) is 0. The quantitative estimate of drug-likeness (QED) is 0.797. The molecule has 0 unspecified atom stereocenters. The lowest BCUT2D eigenvalue weighted by atomic mass is 10.2. The lowest BCUT2D eigenvalue weighted by Gasteiger charge is -1.95. The van der Waals surface area contributed by atoms with Crippen molar-refractivity contribution in [3.8, 4) is 0 Å². The molecule has 1 heterocycles. The Hall–Kier alpha value is -1.29. The fourth-order valence-corrected chi connectivity index (χ4v) is 2.07. The average molecular weight is 206 g/mol. The van der Waals surface area contributed by atoms with Crippen LogP contribution in [0, 0.1) is 0 Å². The molecule has 0 fully saturated rings. The molecule has 1 aliphatic rings. The van der Waals surface area contributed by atoms with Crippen molar-refractivity contribution in [2.45, 2.75) is 6.42 Å². The van der Waals surface area contributed by atoms with E-state index in [-0.39, 0.29) is 5.91 Å². The van der Waals surface area contributed by atoms with Crippen LogP contribution < -0.4 is 5.73 Å². The van der Waals surface area contributed by atoms with Crippen LogP contribution in [0.25, 0.3) is 0 Å². The van der Waals surface area contributed by atoms with E-state index in [0.717, 1.165) is 17.2 Å². The van der Waals surface area contributed by atoms with E-state index in [2.05, 4.69) is 11.1 Å². The van der Waals surface area contributed by atoms with Gasteiger partial charge < -0.3 is 5.73 Å². The predicted molar refractivity (Wildman–Crippen MR) is 58.9 cm³/mol. The molecule has 1 aliphatic heterocycles. The Kier molecular flexibility index (Phi) is 2.54. The summed E-state index contributed by atoms with van der Waals surface area (Å²) in [4.78, 5) is 15.0. The number of fused-ring (bicyclic) bond motifs is 1. The van der Waals surface area contributed by atoms with Crippen molar-refractivity contribution in [3.63, 3.8) is 0 Å². The van der Waals surface area contributed by atoms with Gasteiger partial charge >= 0.3 is 0 Å². The maximum atomic E-state index is 10.6. The molecule has 0 radical (unpaired) electrons. The first-order valence-corrected chi connectivity index (χ1v) is 5.31. The summed E-state index contributed by atoms with van der Waals surface area (Å²) in [7, 11) is 0. The van der Waals surface area contributed by atoms with Crippen LogP contribution >= 0.6 is 11.8 Å². The van der Waals surface area contributed by atoms with E-state index in [1.165, 1.54) is 17.3 Å². The molecule has 0 bridgehead atoms. The summed E-state index contributed by atoms with van der Waals surface area (Å²) < 4.78 is 0. The zero-order chi connectivity index (χ0) is 9.97. The Morgan fingerprint density at radius 3 is 3.00 bits per heavy atom. The van der Waals surface area contributed by atoms with Crippen LogP contribution in [0.3, 0.4) is 0 Å². The highest BCUT2D eigenvalue weighted by Gasteiger charge is 2.14. The van der Waals surface area contributed by atoms with Crippen molar-refractivity contribution >= 4 is 28.4 Å². The molecule has 0 aliphatic carbocycles. The number of hydrogen-bond acceptors (Lipinski definition) is 3. The van der Waals surface area contributed by atoms with Crippen molar-refractivity contribution in [1.29, 1.82) is 0 Å². The highest BCUT2D eigenvalue weighted by molar-refractivity contribution is 8.14. The summed E-state index contributed by atoms with van der Waals surface area (Å²) in [5.41, 5.74) is 7.30. The number of rotatable bonds is 2. The van der Waals surface area contributed by atoms with Gasteiger partial charge in [0.15, 0.2) is 0 Å². The van der Waals surface area contributed by atoms with Crippen molar-refractivity contribution in [2.24, 2.45) is 10.7 Å². The Morgan fingerprint density at radius 1 is 1.50 bits per heavy atom. The fraction of sp³-hybridized carbons (Fsp3) is 0.200. The van der Waals surface area contributed by atoms with Gasteiger partial charge in [0, 0.05) is 6.42 Å². The standard InChI is InChI=1S/C10H10N2OS/c11-9(13)6-14-10-5-7-3-1-2-4-8(7)12-10/h1-4H,5-6H2,(H2,11,13). The van der Waals surface area contributed by atoms with Crippen LogP contribution in [0.15, 0.2) is 29.3 Å². The minimum absolute atomic E-state index is 0.298. The van der Waals surface area contributed by atoms with Crippen molar-refractivity contribution in [1.82, 2.24) is 0 Å². The number of aliphatic imine (C=N–C) groups is 1. The topological polar surface area (TPSA) is 55.5 Å². The van der Waals surface area contributed by atoms with Crippen molar-refractivity contribution in [2.75, 3.05) is 5.75 Å². The lowest BCUT2D eigenvalue weighted by Crippen LogP contribution is -2.14. The second-order valence-electron chi connectivity index (χ2n) is 3.07. The molecule has 0 saturated heterocycles. The van der Waals surface area contributed by atoms with E-state index in [1.807, 2.05) is 18.2 Å². The molecule has 0 aromatic heterocycles. The van der Waals surface area contributed by atoms with E-state index in [4.69, 9.17) is 5.73 Å². The molecule has 72 valence electrons. The molecule has 1 amide bonds. The normalized spacial score (nSPS) is 13.6. The summed E-state index contributed by atoms with van der Waals surface area (Å²) in [6, 6.07) is 7.99. The molecule has 4 heteroatoms. The molecule has 3 nitrogen and oxygen atoms in total. The van der Waals surface area contributed by atoms with Gasteiger partial charge in [0.1, 0.15) is 0 Å². The summed E-state index contributed by atoms with van der Waals surface area (Å²) in [5.74, 6) is 0.0148. The molecule has 2 rings (SSSR count). The highest BCUT2D eigenvalue weighted by atomic mass is 32.2. The monoisotopic (exact) mass is 206 g/mol. The first kappa shape index (κ1) is 9.27. The third kappa shape index (κ3) is 1.96. The Balaban J connectivity index is 2.05. The van der Waals surface area contributed by atoms with Gasteiger partial charge in [0.25, 0.3) is 0 Å². The van der Waals surface area contributed by atoms with Gasteiger partial charge in [0.2, 0.25) is 5.91 Å². The van der Waals surface area contributed by atoms with Crippen LogP contribution in [0.1, 0.15) is 5.56 Å². The predicted octanol–water partition coefficient (Wildman–Crippen LogP) is 1.49. The van der Waals surface area contributed by atoms with Crippen LogP contribution in [-0.2, 0) is 11.2 Å². The number of carbonyl (C=O) groups is 1. The fourth-order valence-electron chi connectivity index (χ4n) is 1.34. The number of amides is 1. The molecule has 0 atom stereocenters. The second kappa shape index (κ2) is 3.84. The number of benzene rings is 1. The van der Waals surface area contributed by atoms with Gasteiger partial charge in [-0.05, 0) is 11.6 Å². The first-order chi connectivity index (χ1) is 6.75. The van der Waals surface area contributed by atoms with Crippen LogP contribution in [0.4, 0.5) is 5.69 Å². The number of nitrogens with zero attached hydrogens (tertiary/aromatic N) is 1. The third-order valence-corrected chi connectivity index (χ3v) is 2.96. The minimum Gasteiger partial charge on any atom is -0.369 e. The third-order valence-electron chi connectivity index (χ3n) is 1.96. The smallest absolute Gasteiger partial charge is 0.227 e. The number of primary amides is 1. The Bertz CT molecular complexity index is 401. The maximum Gasteiger partial charge on any atom is 0.227 e. The van der Waals surface area contributed by atoms with Crippen LogP contribution in [0.5, 0.6) is 0 Å². The van der Waals surface area contributed by atoms with Crippen molar-refractivity contribution < 1.29 is 4.79 Å². The van der Waals surface area contributed by atoms with E-state index in [9.17, 15) is 4.79 Å². The van der Waals surface area contributed by atoms with Gasteiger partial charge in [-0.25, -0.2) is 4.99 Å². The maximum absolute atomic E-state index is 10.6. The molecule has 1 aromatic carbocycles. The molecule has 14 heavy (non-hydrogen) atoms. The van der Waals surface area contributed by atoms with Gasteiger partial charge in [0.05, 0.1) is 16.5 Å². The van der Waals surface area contributed by atoms with Gasteiger partial charge in [-0.3, -0.25) is 4.79 Å². The SMILES string of the molecule is NC(=O)CSC1=Nc2ccccc2C1. The van der Waals surface area contributed by atoms with Crippen LogP contribution in [0.2, 0.25) is 0 Å². The summed E-state index contributed by atoms with van der Waals surface area (Å²) in [5, 5.41) is 0.977. The number of hydrogen-bond donors (Lipinski definition) is 1. The van der Waals surface area contributed by atoms with Gasteiger partial charge in [-0.15, -0.1) is 11.8 Å². The molecule has 0 spiro atoms. The number of carbonyl (C=O) groups excluding carboxylic acids is 1. The average Bonchev–Trinajstić information content (AvgIpc) is 2.57. The molecule has 1 aromatic rings. The van der Waals surface area contributed by atoms with E-state index >= 15 is 0 Å². The molecule has 0 saturated carbocycles. The van der Waals surface area contributed by atoms with E-state index in [0.29, 0.717) is 5.75 Å². The Morgan fingerprint density at radius 2 is 2.29 bits per heavy atom. The largest absolute Gasteiger partial charge is 0.369 e. The summed E-state index contributed by atoms with van der Waals surface area (Å²) in [6.07, 6.45) is 0.827. The lowest BCUT2D eigenvalue weighted by molar-refractivity contribution is -0.115. The van der Waals surface area contributed by atoms with E-state index in [1.54, 1.807) is 0 Å². The second-order valence-corrected chi connectivity index (χ2v) is 4.11. The summed E-state index contributed by atoms with van der Waals surface area (Å²) >= 11 is 1.42. The minimum atomic E-state index is -0.298. The molecular formula is C10H10N2OS.